The van der Waals surface area contributed by atoms with Crippen molar-refractivity contribution in [1.82, 2.24) is 0 Å². The molecule has 7 heteroatoms. The molecule has 0 unspecified atom stereocenters. The first-order chi connectivity index (χ1) is 15.5. The summed E-state index contributed by atoms with van der Waals surface area (Å²) in [5.41, 5.74) is 1.19. The highest BCUT2D eigenvalue weighted by atomic mass is 35.5. The summed E-state index contributed by atoms with van der Waals surface area (Å²) < 4.78 is 5.23. The zero-order valence-corrected chi connectivity index (χ0v) is 17.8. The van der Waals surface area contributed by atoms with E-state index in [0.717, 1.165) is 0 Å². The molecule has 0 heterocycles. The molecule has 0 radical (unpaired) electrons. The third-order valence-electron chi connectivity index (χ3n) is 4.62. The minimum absolute atomic E-state index is 0.0699. The third-order valence-corrected chi connectivity index (χ3v) is 4.86. The van der Waals surface area contributed by atoms with Gasteiger partial charge in [-0.05, 0) is 24.3 Å². The number of carbonyl (C=O) groups excluding carboxylic acids is 3. The number of hydrogen-bond acceptors (Lipinski definition) is 5. The highest BCUT2D eigenvalue weighted by Crippen LogP contribution is 2.21. The van der Waals surface area contributed by atoms with Crippen LogP contribution < -0.4 is 4.90 Å². The van der Waals surface area contributed by atoms with E-state index in [0.29, 0.717) is 16.3 Å². The number of amides is 1. The van der Waals surface area contributed by atoms with Gasteiger partial charge in [-0.2, -0.15) is 5.26 Å². The van der Waals surface area contributed by atoms with Crippen molar-refractivity contribution in [3.05, 3.63) is 101 Å². The van der Waals surface area contributed by atoms with Crippen molar-refractivity contribution in [3.63, 3.8) is 0 Å². The Morgan fingerprint density at radius 3 is 2.28 bits per heavy atom. The molecule has 1 amide bonds. The van der Waals surface area contributed by atoms with E-state index in [1.807, 2.05) is 6.07 Å². The maximum absolute atomic E-state index is 12.8. The van der Waals surface area contributed by atoms with Gasteiger partial charge in [0.15, 0.2) is 12.4 Å². The zero-order valence-electron chi connectivity index (χ0n) is 17.0. The van der Waals surface area contributed by atoms with Crippen LogP contribution in [0.15, 0.2) is 78.9 Å². The summed E-state index contributed by atoms with van der Waals surface area (Å²) in [5.74, 6) is -1.62. The van der Waals surface area contributed by atoms with Gasteiger partial charge in [0.1, 0.15) is 0 Å². The van der Waals surface area contributed by atoms with Gasteiger partial charge in [-0.25, -0.2) is 4.79 Å². The molecule has 0 aliphatic rings. The second-order valence-corrected chi connectivity index (χ2v) is 7.19. The lowest BCUT2D eigenvalue weighted by atomic mass is 9.98. The summed E-state index contributed by atoms with van der Waals surface area (Å²) >= 11 is 6.01. The maximum Gasteiger partial charge on any atom is 0.339 e. The Bertz CT molecular complexity index is 1170. The number of esters is 1. The molecule has 0 N–H and O–H groups in total. The normalized spacial score (nSPS) is 10.1. The van der Waals surface area contributed by atoms with Crippen molar-refractivity contribution in [1.29, 1.82) is 5.26 Å². The first-order valence-corrected chi connectivity index (χ1v) is 10.2. The Morgan fingerprint density at radius 1 is 0.906 bits per heavy atom. The lowest BCUT2D eigenvalue weighted by molar-refractivity contribution is -0.121. The van der Waals surface area contributed by atoms with Gasteiger partial charge in [-0.3, -0.25) is 9.59 Å². The standard InChI is InChI=1S/C25H19ClN2O4/c26-19-10-6-11-20(16-19)28(15-7-14-27)23(29)17-32-25(31)22-13-5-4-12-21(22)24(30)18-8-2-1-3-9-18/h1-6,8-13,16H,7,15,17H2. The molecule has 6 nitrogen and oxygen atoms in total. The fraction of sp³-hybridized carbons (Fsp3) is 0.120. The van der Waals surface area contributed by atoms with E-state index in [1.54, 1.807) is 72.8 Å². The van der Waals surface area contributed by atoms with Gasteiger partial charge in [0.05, 0.1) is 18.1 Å². The van der Waals surface area contributed by atoms with E-state index in [4.69, 9.17) is 21.6 Å². The number of ketones is 1. The first kappa shape index (κ1) is 22.7. The summed E-state index contributed by atoms with van der Waals surface area (Å²) in [6.07, 6.45) is 0.0978. The monoisotopic (exact) mass is 446 g/mol. The quantitative estimate of drug-likeness (QED) is 0.370. The summed E-state index contributed by atoms with van der Waals surface area (Å²) in [6.45, 7) is -0.430. The molecular weight excluding hydrogens is 428 g/mol. The molecule has 0 spiro atoms. The largest absolute Gasteiger partial charge is 0.452 e. The van der Waals surface area contributed by atoms with Crippen LogP contribution in [-0.4, -0.2) is 30.8 Å². The second kappa shape index (κ2) is 10.9. The Balaban J connectivity index is 1.75. The van der Waals surface area contributed by atoms with Gasteiger partial charge in [0.2, 0.25) is 0 Å². The van der Waals surface area contributed by atoms with E-state index >= 15 is 0 Å². The lowest BCUT2D eigenvalue weighted by Gasteiger charge is -2.22. The molecule has 3 aromatic rings. The molecule has 0 bridgehead atoms. The van der Waals surface area contributed by atoms with Crippen molar-refractivity contribution >= 4 is 34.9 Å². The molecule has 0 aliphatic heterocycles. The Kier molecular flexibility index (Phi) is 7.74. The fourth-order valence-electron chi connectivity index (χ4n) is 3.09. The number of nitrogens with zero attached hydrogens (tertiary/aromatic N) is 2. The lowest BCUT2D eigenvalue weighted by Crippen LogP contribution is -2.35. The van der Waals surface area contributed by atoms with Crippen LogP contribution in [0.1, 0.15) is 32.7 Å². The average molecular weight is 447 g/mol. The van der Waals surface area contributed by atoms with Crippen LogP contribution >= 0.6 is 11.6 Å². The van der Waals surface area contributed by atoms with Gasteiger partial charge in [0, 0.05) is 28.4 Å². The molecule has 0 aromatic heterocycles. The van der Waals surface area contributed by atoms with E-state index < -0.39 is 18.5 Å². The van der Waals surface area contributed by atoms with E-state index in [-0.39, 0.29) is 29.9 Å². The number of halogens is 1. The van der Waals surface area contributed by atoms with Crippen molar-refractivity contribution < 1.29 is 19.1 Å². The third kappa shape index (κ3) is 5.60. The minimum Gasteiger partial charge on any atom is -0.452 e. The Labute approximate surface area is 190 Å². The molecule has 0 aliphatic carbocycles. The van der Waals surface area contributed by atoms with Crippen LogP contribution in [0.4, 0.5) is 5.69 Å². The summed E-state index contributed by atoms with van der Waals surface area (Å²) in [6, 6.07) is 23.5. The van der Waals surface area contributed by atoms with Crippen LogP contribution in [-0.2, 0) is 9.53 Å². The predicted octanol–water partition coefficient (Wildman–Crippen LogP) is 4.67. The Hall–Kier alpha value is -3.95. The Morgan fingerprint density at radius 2 is 1.59 bits per heavy atom. The van der Waals surface area contributed by atoms with Crippen molar-refractivity contribution in [2.75, 3.05) is 18.1 Å². The fourth-order valence-corrected chi connectivity index (χ4v) is 3.28. The summed E-state index contributed by atoms with van der Waals surface area (Å²) in [7, 11) is 0. The zero-order chi connectivity index (χ0) is 22.9. The molecule has 0 saturated carbocycles. The second-order valence-electron chi connectivity index (χ2n) is 6.75. The highest BCUT2D eigenvalue weighted by molar-refractivity contribution is 6.30. The molecule has 32 heavy (non-hydrogen) atoms. The number of benzene rings is 3. The van der Waals surface area contributed by atoms with Crippen LogP contribution in [0.3, 0.4) is 0 Å². The van der Waals surface area contributed by atoms with Gasteiger partial charge >= 0.3 is 5.97 Å². The highest BCUT2D eigenvalue weighted by Gasteiger charge is 2.22. The van der Waals surface area contributed by atoms with Crippen molar-refractivity contribution in [2.24, 2.45) is 0 Å². The van der Waals surface area contributed by atoms with Crippen LogP contribution in [0.5, 0.6) is 0 Å². The smallest absolute Gasteiger partial charge is 0.339 e. The molecule has 0 fully saturated rings. The van der Waals surface area contributed by atoms with E-state index in [9.17, 15) is 14.4 Å². The summed E-state index contributed by atoms with van der Waals surface area (Å²) in [4.78, 5) is 39.6. The number of nitriles is 1. The van der Waals surface area contributed by atoms with Gasteiger partial charge < -0.3 is 9.64 Å². The predicted molar refractivity (Wildman–Crippen MR) is 121 cm³/mol. The molecule has 3 rings (SSSR count). The minimum atomic E-state index is -0.787. The molecule has 0 atom stereocenters. The molecule has 3 aromatic carbocycles. The first-order valence-electron chi connectivity index (χ1n) is 9.80. The van der Waals surface area contributed by atoms with Crippen LogP contribution in [0.2, 0.25) is 5.02 Å². The van der Waals surface area contributed by atoms with Gasteiger partial charge in [-0.1, -0.05) is 66.2 Å². The van der Waals surface area contributed by atoms with Gasteiger partial charge in [0.25, 0.3) is 5.91 Å². The molecule has 0 saturated heterocycles. The number of rotatable bonds is 8. The number of hydrogen-bond donors (Lipinski definition) is 0. The van der Waals surface area contributed by atoms with Gasteiger partial charge in [-0.15, -0.1) is 0 Å². The van der Waals surface area contributed by atoms with E-state index in [1.165, 1.54) is 11.0 Å². The number of anilines is 1. The SMILES string of the molecule is N#CCCN(C(=O)COC(=O)c1ccccc1C(=O)c1ccccc1)c1cccc(Cl)c1. The molecular formula is C25H19ClN2O4. The number of ether oxygens (including phenoxy) is 1. The topological polar surface area (TPSA) is 87.5 Å². The van der Waals surface area contributed by atoms with Crippen molar-refractivity contribution in [3.8, 4) is 6.07 Å². The van der Waals surface area contributed by atoms with Crippen molar-refractivity contribution in [2.45, 2.75) is 6.42 Å². The van der Waals surface area contributed by atoms with Crippen LogP contribution in [0, 0.1) is 11.3 Å². The van der Waals surface area contributed by atoms with Crippen LogP contribution in [0.25, 0.3) is 0 Å². The maximum atomic E-state index is 12.8. The number of carbonyl (C=O) groups is 3. The average Bonchev–Trinajstić information content (AvgIpc) is 2.83. The molecule has 160 valence electrons. The summed E-state index contributed by atoms with van der Waals surface area (Å²) in [5, 5.41) is 9.34. The van der Waals surface area contributed by atoms with E-state index in [2.05, 4.69) is 0 Å².